The summed E-state index contributed by atoms with van der Waals surface area (Å²) in [6.45, 7) is 7.00. The molecular weight excluding hydrogens is 655 g/mol. The summed E-state index contributed by atoms with van der Waals surface area (Å²) >= 11 is 0. The molecule has 2 unspecified atom stereocenters. The molecule has 2 heterocycles. The van der Waals surface area contributed by atoms with E-state index in [4.69, 9.17) is 9.98 Å². The molecule has 1 aliphatic heterocycles. The number of aromatic nitrogens is 1. The smallest absolute Gasteiger partial charge is 0.155 e. The molecule has 7 aromatic carbocycles. The third-order valence-corrected chi connectivity index (χ3v) is 11.8. The zero-order valence-electron chi connectivity index (χ0n) is 30.9. The van der Waals surface area contributed by atoms with Gasteiger partial charge in [0.2, 0.25) is 0 Å². The molecule has 54 heavy (non-hydrogen) atoms. The molecule has 0 spiro atoms. The summed E-state index contributed by atoms with van der Waals surface area (Å²) in [4.78, 5) is 10.8. The minimum atomic E-state index is -0.0998. The number of hydrogen-bond donors (Lipinski definition) is 0. The van der Waals surface area contributed by atoms with E-state index in [-0.39, 0.29) is 17.4 Å². The van der Waals surface area contributed by atoms with E-state index in [2.05, 4.69) is 195 Å². The summed E-state index contributed by atoms with van der Waals surface area (Å²) < 4.78 is 2.47. The quantitative estimate of drug-likeness (QED) is 0.166. The fourth-order valence-corrected chi connectivity index (χ4v) is 9.08. The molecule has 0 amide bonds. The van der Waals surface area contributed by atoms with Crippen molar-refractivity contribution >= 4 is 33.4 Å². The van der Waals surface area contributed by atoms with Crippen LogP contribution in [0, 0.1) is 5.92 Å². The molecular formula is C51H41N3. The molecule has 0 N–H and O–H groups in total. The van der Waals surface area contributed by atoms with Crippen molar-refractivity contribution in [3.05, 3.63) is 198 Å². The summed E-state index contributed by atoms with van der Waals surface area (Å²) in [6, 6.07) is 61.6. The predicted molar refractivity (Wildman–Crippen MR) is 226 cm³/mol. The van der Waals surface area contributed by atoms with Crippen LogP contribution in [0.1, 0.15) is 61.1 Å². The summed E-state index contributed by atoms with van der Waals surface area (Å²) in [6.07, 6.45) is 0.914. The molecule has 3 nitrogen and oxygen atoms in total. The Kier molecular flexibility index (Phi) is 7.59. The molecule has 10 rings (SSSR count). The first-order chi connectivity index (χ1) is 26.5. The van der Waals surface area contributed by atoms with E-state index < -0.39 is 0 Å². The number of amidine groups is 1. The van der Waals surface area contributed by atoms with Gasteiger partial charge in [0.1, 0.15) is 0 Å². The van der Waals surface area contributed by atoms with Crippen molar-refractivity contribution in [2.24, 2.45) is 15.9 Å². The van der Waals surface area contributed by atoms with Gasteiger partial charge in [-0.25, -0.2) is 4.99 Å². The van der Waals surface area contributed by atoms with E-state index in [1.54, 1.807) is 0 Å². The van der Waals surface area contributed by atoms with Crippen molar-refractivity contribution in [1.82, 2.24) is 4.57 Å². The Morgan fingerprint density at radius 3 is 1.98 bits per heavy atom. The van der Waals surface area contributed by atoms with Crippen LogP contribution in [0.25, 0.3) is 49.7 Å². The zero-order valence-corrected chi connectivity index (χ0v) is 30.9. The highest BCUT2D eigenvalue weighted by Crippen LogP contribution is 2.51. The predicted octanol–water partition coefficient (Wildman–Crippen LogP) is 12.8. The summed E-state index contributed by atoms with van der Waals surface area (Å²) in [5.74, 6) is 0.892. The number of para-hydroxylation sites is 1. The highest BCUT2D eigenvalue weighted by molar-refractivity contribution is 6.15. The van der Waals surface area contributed by atoms with Crippen LogP contribution in [-0.4, -0.2) is 16.1 Å². The molecule has 1 aromatic heterocycles. The Labute approximate surface area is 317 Å². The van der Waals surface area contributed by atoms with Crippen LogP contribution in [0.15, 0.2) is 180 Å². The topological polar surface area (TPSA) is 29.6 Å². The molecule has 1 aliphatic carbocycles. The van der Waals surface area contributed by atoms with E-state index >= 15 is 0 Å². The molecule has 3 heteroatoms. The third kappa shape index (κ3) is 5.10. The van der Waals surface area contributed by atoms with Gasteiger partial charge in [0.25, 0.3) is 0 Å². The fourth-order valence-electron chi connectivity index (χ4n) is 9.08. The van der Waals surface area contributed by atoms with E-state index in [0.29, 0.717) is 0 Å². The summed E-state index contributed by atoms with van der Waals surface area (Å²) in [5.41, 5.74) is 15.9. The molecule has 8 aromatic rings. The Morgan fingerprint density at radius 2 is 1.20 bits per heavy atom. The molecule has 0 saturated heterocycles. The van der Waals surface area contributed by atoms with Gasteiger partial charge in [-0.1, -0.05) is 160 Å². The van der Waals surface area contributed by atoms with Crippen molar-refractivity contribution in [2.75, 3.05) is 0 Å². The van der Waals surface area contributed by atoms with Gasteiger partial charge in [-0.15, -0.1) is 0 Å². The van der Waals surface area contributed by atoms with Crippen LogP contribution in [0.5, 0.6) is 0 Å². The van der Waals surface area contributed by atoms with Gasteiger partial charge in [-0.3, -0.25) is 4.99 Å². The number of hydrogen-bond acceptors (Lipinski definition) is 2. The first-order valence-corrected chi connectivity index (χ1v) is 19.1. The van der Waals surface area contributed by atoms with Gasteiger partial charge in [0, 0.05) is 33.4 Å². The molecule has 0 radical (unpaired) electrons. The van der Waals surface area contributed by atoms with Gasteiger partial charge in [0.05, 0.1) is 22.8 Å². The summed E-state index contributed by atoms with van der Waals surface area (Å²) in [5, 5.41) is 2.55. The lowest BCUT2D eigenvalue weighted by atomic mass is 9.82. The lowest BCUT2D eigenvalue weighted by Crippen LogP contribution is -2.28. The maximum Gasteiger partial charge on any atom is 0.155 e. The van der Waals surface area contributed by atoms with Crippen LogP contribution >= 0.6 is 0 Å². The Morgan fingerprint density at radius 1 is 0.537 bits per heavy atom. The van der Waals surface area contributed by atoms with Crippen LogP contribution in [-0.2, 0) is 5.41 Å². The van der Waals surface area contributed by atoms with Crippen molar-refractivity contribution in [1.29, 1.82) is 0 Å². The van der Waals surface area contributed by atoms with Crippen molar-refractivity contribution in [3.8, 4) is 27.9 Å². The normalized spacial score (nSPS) is 17.2. The van der Waals surface area contributed by atoms with E-state index in [1.807, 2.05) is 0 Å². The average Bonchev–Trinajstić information content (AvgIpc) is 3.68. The standard InChI is InChI=1S/C51H41N3/c1-4-39-48(35-28-26-34(27-29-35)33-16-7-5-8-17-33)52-50(36-18-9-6-10-19-36)53-49(39)37-20-15-21-38(30-37)54-46-25-14-12-23-41(46)43-31-42-40-22-11-13-24-44(40)51(2,3)45(42)32-47(43)54/h5-32,39,49H,4H2,1-3H3. The maximum atomic E-state index is 5.47. The van der Waals surface area contributed by atoms with Gasteiger partial charge in [0.15, 0.2) is 5.84 Å². The van der Waals surface area contributed by atoms with Crippen LogP contribution in [0.3, 0.4) is 0 Å². The fraction of sp³-hybridized carbons (Fsp3) is 0.137. The molecule has 0 bridgehead atoms. The molecule has 2 atom stereocenters. The minimum Gasteiger partial charge on any atom is -0.309 e. The number of aliphatic imine (C=N–C) groups is 2. The van der Waals surface area contributed by atoms with Gasteiger partial charge < -0.3 is 4.57 Å². The van der Waals surface area contributed by atoms with Gasteiger partial charge >= 0.3 is 0 Å². The molecule has 260 valence electrons. The first-order valence-electron chi connectivity index (χ1n) is 19.1. The Hall–Kier alpha value is -6.32. The summed E-state index contributed by atoms with van der Waals surface area (Å²) in [7, 11) is 0. The Balaban J connectivity index is 1.12. The second-order valence-electron chi connectivity index (χ2n) is 15.3. The Bertz CT molecular complexity index is 2770. The van der Waals surface area contributed by atoms with Crippen LogP contribution < -0.4 is 0 Å². The largest absolute Gasteiger partial charge is 0.309 e. The van der Waals surface area contributed by atoms with Gasteiger partial charge in [-0.05, 0) is 81.3 Å². The second-order valence-corrected chi connectivity index (χ2v) is 15.3. The van der Waals surface area contributed by atoms with E-state index in [0.717, 1.165) is 34.8 Å². The number of nitrogens with zero attached hydrogens (tertiary/aromatic N) is 3. The second kappa shape index (κ2) is 12.7. The van der Waals surface area contributed by atoms with E-state index in [9.17, 15) is 0 Å². The van der Waals surface area contributed by atoms with Crippen molar-refractivity contribution < 1.29 is 0 Å². The van der Waals surface area contributed by atoms with Crippen molar-refractivity contribution in [3.63, 3.8) is 0 Å². The maximum absolute atomic E-state index is 5.47. The monoisotopic (exact) mass is 695 g/mol. The minimum absolute atomic E-state index is 0.0860. The zero-order chi connectivity index (χ0) is 36.4. The average molecular weight is 696 g/mol. The lowest BCUT2D eigenvalue weighted by molar-refractivity contribution is 0.532. The third-order valence-electron chi connectivity index (χ3n) is 11.8. The molecule has 0 fully saturated rings. The highest BCUT2D eigenvalue weighted by atomic mass is 15.0. The van der Waals surface area contributed by atoms with Crippen molar-refractivity contribution in [2.45, 2.75) is 38.6 Å². The molecule has 2 aliphatic rings. The molecule has 0 saturated carbocycles. The van der Waals surface area contributed by atoms with E-state index in [1.165, 1.54) is 60.8 Å². The van der Waals surface area contributed by atoms with Crippen LogP contribution in [0.4, 0.5) is 0 Å². The first kappa shape index (κ1) is 32.3. The highest BCUT2D eigenvalue weighted by Gasteiger charge is 2.36. The van der Waals surface area contributed by atoms with Gasteiger partial charge in [-0.2, -0.15) is 0 Å². The van der Waals surface area contributed by atoms with Crippen LogP contribution in [0.2, 0.25) is 0 Å². The lowest BCUT2D eigenvalue weighted by Gasteiger charge is -2.30. The number of benzene rings is 7. The number of rotatable bonds is 6. The SMILES string of the molecule is CCC1C(c2ccc(-c3ccccc3)cc2)=NC(c2ccccc2)=NC1c1cccc(-n2c3ccccc3c3cc4c(cc32)C(C)(C)c2ccccc2-4)c1. The number of fused-ring (bicyclic) bond motifs is 6.